The molecule has 28 heteroatoms. The second-order valence-electron chi connectivity index (χ2n) is 16.6. The van der Waals surface area contributed by atoms with Crippen LogP contribution in [0.25, 0.3) is 11.2 Å². The summed E-state index contributed by atoms with van der Waals surface area (Å²) in [6.07, 6.45) is 13.5. The molecule has 1 fully saturated rings. The first-order valence-corrected chi connectivity index (χ1v) is 27.8. The van der Waals surface area contributed by atoms with Gasteiger partial charge in [0.2, 0.25) is 11.8 Å². The number of hydrogen-bond acceptors (Lipinski definition) is 18. The lowest BCUT2D eigenvalue weighted by Crippen LogP contribution is -2.46. The molecule has 0 bridgehead atoms. The molecule has 0 aliphatic carbocycles. The van der Waals surface area contributed by atoms with E-state index in [0.29, 0.717) is 12.2 Å². The van der Waals surface area contributed by atoms with E-state index >= 15 is 0 Å². The monoisotopic (exact) mass is 1030 g/mol. The second kappa shape index (κ2) is 28.8. The molecule has 1 aliphatic rings. The number of unbranched alkanes of at least 4 members (excludes halogenated alkanes) is 11. The summed E-state index contributed by atoms with van der Waals surface area (Å²) in [6, 6.07) is 0. The van der Waals surface area contributed by atoms with E-state index in [4.69, 9.17) is 19.5 Å². The maximum absolute atomic E-state index is 12.7. The van der Waals surface area contributed by atoms with Crippen LogP contribution in [0, 0.1) is 5.41 Å². The Hall–Kier alpha value is -2.70. The number of rotatable bonds is 34. The number of nitrogens with two attached hydrogens (primary N) is 1. The molecular weight excluding hydrogens is 963 g/mol. The van der Waals surface area contributed by atoms with Gasteiger partial charge in [-0.05, 0) is 32.1 Å². The molecule has 3 heterocycles. The average Bonchev–Trinajstić information content (AvgIpc) is 3.81. The van der Waals surface area contributed by atoms with Crippen LogP contribution < -0.4 is 16.4 Å². The van der Waals surface area contributed by atoms with Crippen molar-refractivity contribution in [3.63, 3.8) is 0 Å². The van der Waals surface area contributed by atoms with Crippen LogP contribution in [0.15, 0.2) is 24.8 Å². The summed E-state index contributed by atoms with van der Waals surface area (Å²) in [4.78, 5) is 88.3. The number of aliphatic hydroxyl groups is 2. The number of anilines is 1. The van der Waals surface area contributed by atoms with E-state index in [1.54, 1.807) is 0 Å². The summed E-state index contributed by atoms with van der Waals surface area (Å²) in [5.74, 6) is -1.03. The van der Waals surface area contributed by atoms with Gasteiger partial charge in [-0.15, -0.1) is 0 Å². The largest absolute Gasteiger partial charge is 0.481 e. The van der Waals surface area contributed by atoms with Gasteiger partial charge in [0.15, 0.2) is 22.8 Å². The van der Waals surface area contributed by atoms with Crippen molar-refractivity contribution in [3.05, 3.63) is 24.8 Å². The quantitative estimate of drug-likeness (QED) is 0.0260. The van der Waals surface area contributed by atoms with E-state index in [-0.39, 0.29) is 41.6 Å². The molecule has 2 amide bonds. The summed E-state index contributed by atoms with van der Waals surface area (Å²) < 4.78 is 62.4. The van der Waals surface area contributed by atoms with Crippen LogP contribution in [0.4, 0.5) is 5.82 Å². The van der Waals surface area contributed by atoms with Gasteiger partial charge in [-0.1, -0.05) is 96.1 Å². The van der Waals surface area contributed by atoms with Gasteiger partial charge in [-0.2, -0.15) is 4.31 Å². The highest BCUT2D eigenvalue weighted by atomic mass is 32.2. The summed E-state index contributed by atoms with van der Waals surface area (Å²) in [7, 11) is -16.4. The number of thioether (sulfide) groups is 1. The number of hydrogen-bond donors (Lipinski definition) is 9. The van der Waals surface area contributed by atoms with E-state index in [1.807, 2.05) is 0 Å². The third kappa shape index (κ3) is 21.9. The molecule has 1 saturated heterocycles. The summed E-state index contributed by atoms with van der Waals surface area (Å²) in [6.45, 7) is 2.79. The Morgan fingerprint density at radius 1 is 0.896 bits per heavy atom. The van der Waals surface area contributed by atoms with Gasteiger partial charge in [0.25, 0.3) is 0 Å². The Kier molecular flexibility index (Phi) is 25.2. The zero-order valence-corrected chi connectivity index (χ0v) is 41.6. The molecule has 0 saturated carbocycles. The second-order valence-corrected chi connectivity index (χ2v) is 22.0. The summed E-state index contributed by atoms with van der Waals surface area (Å²) >= 11 is 1.15. The Morgan fingerprint density at radius 3 is 2.18 bits per heavy atom. The number of aliphatic hydroxyl groups excluding tert-OH is 2. The number of carbonyl (C=O) groups excluding carboxylic acids is 3. The highest BCUT2D eigenvalue weighted by molar-refractivity contribution is 8.13. The normalized spacial score (nSPS) is 20.2. The van der Waals surface area contributed by atoms with Gasteiger partial charge in [0.1, 0.15) is 36.3 Å². The summed E-state index contributed by atoms with van der Waals surface area (Å²) in [5, 5.41) is 26.7. The van der Waals surface area contributed by atoms with Gasteiger partial charge >= 0.3 is 23.5 Å². The van der Waals surface area contributed by atoms with Crippen LogP contribution in [-0.4, -0.2) is 123 Å². The van der Waals surface area contributed by atoms with Crippen LogP contribution >= 0.6 is 35.2 Å². The Labute approximate surface area is 394 Å². The van der Waals surface area contributed by atoms with E-state index in [2.05, 4.69) is 53.5 Å². The number of allylic oxidation sites excluding steroid dienone is 2. The Bertz CT molecular complexity index is 2040. The van der Waals surface area contributed by atoms with E-state index in [0.717, 1.165) is 73.9 Å². The van der Waals surface area contributed by atoms with Crippen LogP contribution in [0.1, 0.15) is 123 Å². The van der Waals surface area contributed by atoms with Crippen molar-refractivity contribution in [2.24, 2.45) is 5.41 Å². The van der Waals surface area contributed by atoms with Crippen LogP contribution in [-0.2, 0) is 50.7 Å². The molecule has 0 aromatic carbocycles. The van der Waals surface area contributed by atoms with Crippen molar-refractivity contribution in [1.29, 1.82) is 0 Å². The number of nitrogens with one attached hydrogen (secondary N) is 2. The molecule has 1 aliphatic heterocycles. The predicted octanol–water partition coefficient (Wildman–Crippen LogP) is 4.70. The number of phosphoric acid groups is 3. The van der Waals surface area contributed by atoms with Crippen LogP contribution in [0.5, 0.6) is 0 Å². The number of carbonyl (C=O) groups is 3. The fourth-order valence-electron chi connectivity index (χ4n) is 6.71. The standard InChI is InChI=1S/C39H68N7O17P3S/c1-4-5-6-7-8-9-10-11-12-13-14-15-16-17-18-19-30(48)67-23-22-41-29(47)20-21-42-37(51)34(50)39(2,3)25-60-66(57,58)63-65(55,56)59-24-28-33(62-64(52,53)54)32(49)38(61-28)46-27-45-31-35(40)43-26-44-36(31)46/h11-12,26-28,32-34,38,49-50H,4-10,13-25H2,1-3H3,(H,41,47)(H,42,51)(H,55,56)(H,57,58)(H2,40,43,44)(H2,52,53,54)/b12-11-/t28-,32?,33?,34+,38-/m1/s1. The minimum atomic E-state index is -5.58. The Balaban J connectivity index is 1.30. The molecule has 382 valence electrons. The molecule has 4 unspecified atom stereocenters. The summed E-state index contributed by atoms with van der Waals surface area (Å²) in [5.41, 5.74) is 4.29. The Morgan fingerprint density at radius 2 is 1.52 bits per heavy atom. The third-order valence-electron chi connectivity index (χ3n) is 10.4. The lowest BCUT2D eigenvalue weighted by Gasteiger charge is -2.30. The van der Waals surface area contributed by atoms with E-state index in [1.165, 1.54) is 52.4 Å². The van der Waals surface area contributed by atoms with Crippen molar-refractivity contribution < 1.29 is 80.5 Å². The number of imidazole rings is 1. The first-order chi connectivity index (χ1) is 31.6. The zero-order chi connectivity index (χ0) is 49.7. The number of aromatic nitrogens is 4. The molecule has 2 aromatic rings. The molecule has 67 heavy (non-hydrogen) atoms. The molecule has 24 nitrogen and oxygen atoms in total. The van der Waals surface area contributed by atoms with Crippen molar-refractivity contribution in [2.45, 2.75) is 148 Å². The molecule has 7 atom stereocenters. The molecule has 0 radical (unpaired) electrons. The van der Waals surface area contributed by atoms with Gasteiger partial charge in [-0.25, -0.2) is 28.6 Å². The fraction of sp³-hybridized carbons (Fsp3) is 0.744. The maximum atomic E-state index is 12.7. The molecule has 0 spiro atoms. The first kappa shape index (κ1) is 58.6. The minimum Gasteiger partial charge on any atom is -0.386 e. The predicted molar refractivity (Wildman–Crippen MR) is 247 cm³/mol. The van der Waals surface area contributed by atoms with Crippen molar-refractivity contribution in [1.82, 2.24) is 30.2 Å². The number of nitrogens with zero attached hydrogens (tertiary/aromatic N) is 4. The smallest absolute Gasteiger partial charge is 0.386 e. The number of fused-ring (bicyclic) bond motifs is 1. The molecule has 2 aromatic heterocycles. The number of phosphoric ester groups is 3. The lowest BCUT2D eigenvalue weighted by atomic mass is 9.87. The first-order valence-electron chi connectivity index (χ1n) is 22.3. The maximum Gasteiger partial charge on any atom is 0.481 e. The van der Waals surface area contributed by atoms with Crippen molar-refractivity contribution in [2.75, 3.05) is 37.8 Å². The molecular formula is C39H68N7O17P3S. The topological polar surface area (TPSA) is 364 Å². The van der Waals surface area contributed by atoms with Crippen LogP contribution in [0.3, 0.4) is 0 Å². The third-order valence-corrected chi connectivity index (χ3v) is 14.4. The van der Waals surface area contributed by atoms with Gasteiger partial charge in [0.05, 0.1) is 19.5 Å². The van der Waals surface area contributed by atoms with E-state index in [9.17, 15) is 57.9 Å². The highest BCUT2D eigenvalue weighted by Crippen LogP contribution is 2.61. The van der Waals surface area contributed by atoms with E-state index < -0.39 is 84.6 Å². The number of nitrogen functional groups attached to an aromatic ring is 1. The van der Waals surface area contributed by atoms with Crippen molar-refractivity contribution >= 4 is 69.1 Å². The van der Waals surface area contributed by atoms with Crippen molar-refractivity contribution in [3.8, 4) is 0 Å². The van der Waals surface area contributed by atoms with Crippen LogP contribution in [0.2, 0.25) is 0 Å². The molecule has 10 N–H and O–H groups in total. The fourth-order valence-corrected chi connectivity index (χ4v) is 10.3. The lowest BCUT2D eigenvalue weighted by molar-refractivity contribution is -0.137. The number of ether oxygens (including phenoxy) is 1. The minimum absolute atomic E-state index is 0.0331. The highest BCUT2D eigenvalue weighted by Gasteiger charge is 2.50. The van der Waals surface area contributed by atoms with Gasteiger partial charge < -0.3 is 50.9 Å². The zero-order valence-electron chi connectivity index (χ0n) is 38.1. The van der Waals surface area contributed by atoms with Gasteiger partial charge in [0, 0.05) is 37.1 Å². The van der Waals surface area contributed by atoms with Gasteiger partial charge in [-0.3, -0.25) is 32.5 Å². The molecule has 3 rings (SSSR count). The average molecular weight is 1030 g/mol. The SMILES string of the molecule is CCCCCCCC/C=C\CCCCCCCC(=O)SCCNC(=O)CCNC(=O)[C@H](O)C(C)(C)COP(=O)(O)OP(=O)(O)OC[C@H]1O[C@@H](n2cnc3c(N)ncnc32)C(O)C1OP(=O)(O)O. The number of amides is 2.